The maximum Gasteiger partial charge on any atom is 0.237 e. The van der Waals surface area contributed by atoms with Crippen LogP contribution in [0, 0.1) is 20.8 Å². The maximum absolute atomic E-state index is 12.4. The first-order valence-corrected chi connectivity index (χ1v) is 9.20. The van der Waals surface area contributed by atoms with Crippen molar-refractivity contribution < 1.29 is 9.53 Å². The third kappa shape index (κ3) is 5.31. The van der Waals surface area contributed by atoms with Gasteiger partial charge in [-0.3, -0.25) is 4.79 Å². The quantitative estimate of drug-likeness (QED) is 0.737. The first-order chi connectivity index (χ1) is 11.5. The number of rotatable bonds is 7. The number of amides is 1. The molecule has 0 fully saturated rings. The fourth-order valence-corrected chi connectivity index (χ4v) is 3.15. The number of carbonyl (C=O) groups is 1. The van der Waals surface area contributed by atoms with E-state index in [1.54, 1.807) is 11.8 Å². The van der Waals surface area contributed by atoms with Crippen LogP contribution in [0.1, 0.15) is 23.6 Å². The monoisotopic (exact) mass is 343 g/mol. The van der Waals surface area contributed by atoms with E-state index in [0.717, 1.165) is 28.3 Å². The van der Waals surface area contributed by atoms with Gasteiger partial charge in [-0.1, -0.05) is 30.3 Å². The molecule has 128 valence electrons. The normalized spacial score (nSPS) is 11.8. The van der Waals surface area contributed by atoms with E-state index >= 15 is 0 Å². The lowest BCUT2D eigenvalue weighted by Gasteiger charge is -2.15. The molecule has 0 saturated heterocycles. The van der Waals surface area contributed by atoms with Crippen LogP contribution in [0.15, 0.2) is 42.5 Å². The maximum atomic E-state index is 12.4. The molecule has 0 bridgehead atoms. The van der Waals surface area contributed by atoms with Crippen LogP contribution in [0.2, 0.25) is 0 Å². The minimum absolute atomic E-state index is 0.0351. The number of benzene rings is 2. The van der Waals surface area contributed by atoms with Crippen molar-refractivity contribution in [2.24, 2.45) is 0 Å². The van der Waals surface area contributed by atoms with E-state index in [0.29, 0.717) is 6.61 Å². The largest absolute Gasteiger partial charge is 0.493 e. The van der Waals surface area contributed by atoms with Gasteiger partial charge in [0.05, 0.1) is 11.9 Å². The summed E-state index contributed by atoms with van der Waals surface area (Å²) in [5.74, 6) is 1.69. The summed E-state index contributed by atoms with van der Waals surface area (Å²) >= 11 is 1.60. The highest BCUT2D eigenvalue weighted by Crippen LogP contribution is 2.21. The Kier molecular flexibility index (Phi) is 6.73. The zero-order chi connectivity index (χ0) is 17.5. The predicted molar refractivity (Wildman–Crippen MR) is 103 cm³/mol. The Hall–Kier alpha value is -1.94. The van der Waals surface area contributed by atoms with Gasteiger partial charge in [-0.25, -0.2) is 0 Å². The number of anilines is 1. The molecule has 0 heterocycles. The Balaban J connectivity index is 1.78. The predicted octanol–water partition coefficient (Wildman–Crippen LogP) is 4.75. The number of hydrogen-bond acceptors (Lipinski definition) is 3. The van der Waals surface area contributed by atoms with Gasteiger partial charge in [0.25, 0.3) is 0 Å². The number of aryl methyl sites for hydroxylation is 3. The smallest absolute Gasteiger partial charge is 0.237 e. The Labute approximate surface area is 148 Å². The zero-order valence-corrected chi connectivity index (χ0v) is 15.6. The Bertz CT molecular complexity index is 680. The molecular formula is C20H25NO2S. The molecule has 1 N–H and O–H groups in total. The summed E-state index contributed by atoms with van der Waals surface area (Å²) in [6.45, 7) is 8.59. The molecule has 0 radical (unpaired) electrons. The molecule has 1 atom stereocenters. The van der Waals surface area contributed by atoms with E-state index in [-0.39, 0.29) is 11.2 Å². The SMILES string of the molecule is Cc1cccc(OCCSC(C)C(=O)Nc2c(C)cccc2C)c1. The van der Waals surface area contributed by atoms with E-state index in [1.807, 2.05) is 70.2 Å². The van der Waals surface area contributed by atoms with Crippen molar-refractivity contribution in [3.63, 3.8) is 0 Å². The summed E-state index contributed by atoms with van der Waals surface area (Å²) in [5.41, 5.74) is 4.28. The van der Waals surface area contributed by atoms with Crippen molar-refractivity contribution in [1.82, 2.24) is 0 Å². The molecule has 0 aromatic heterocycles. The van der Waals surface area contributed by atoms with Crippen LogP contribution in [0.25, 0.3) is 0 Å². The molecule has 2 aromatic rings. The fraction of sp³-hybridized carbons (Fsp3) is 0.350. The highest BCUT2D eigenvalue weighted by molar-refractivity contribution is 8.00. The number of ether oxygens (including phenoxy) is 1. The number of hydrogen-bond donors (Lipinski definition) is 1. The molecule has 4 heteroatoms. The summed E-state index contributed by atoms with van der Waals surface area (Å²) in [7, 11) is 0. The van der Waals surface area contributed by atoms with Crippen LogP contribution in [-0.4, -0.2) is 23.5 Å². The van der Waals surface area contributed by atoms with Gasteiger partial charge in [0.2, 0.25) is 5.91 Å². The summed E-state index contributed by atoms with van der Waals surface area (Å²) in [4.78, 5) is 12.4. The minimum Gasteiger partial charge on any atom is -0.493 e. The van der Waals surface area contributed by atoms with Crippen LogP contribution in [-0.2, 0) is 4.79 Å². The molecule has 0 spiro atoms. The van der Waals surface area contributed by atoms with Crippen LogP contribution < -0.4 is 10.1 Å². The third-order valence-corrected chi connectivity index (χ3v) is 4.92. The molecule has 0 saturated carbocycles. The second-order valence-electron chi connectivity index (χ2n) is 5.93. The summed E-state index contributed by atoms with van der Waals surface area (Å²) in [6.07, 6.45) is 0. The molecule has 0 aliphatic heterocycles. The molecule has 1 unspecified atom stereocenters. The van der Waals surface area contributed by atoms with Crippen molar-refractivity contribution in [2.75, 3.05) is 17.7 Å². The first-order valence-electron chi connectivity index (χ1n) is 8.15. The van der Waals surface area contributed by atoms with Crippen LogP contribution in [0.3, 0.4) is 0 Å². The van der Waals surface area contributed by atoms with Gasteiger partial charge in [0.1, 0.15) is 5.75 Å². The molecule has 1 amide bonds. The van der Waals surface area contributed by atoms with Crippen molar-refractivity contribution in [2.45, 2.75) is 32.9 Å². The average Bonchev–Trinajstić information content (AvgIpc) is 2.55. The highest BCUT2D eigenvalue weighted by atomic mass is 32.2. The van der Waals surface area contributed by atoms with E-state index in [4.69, 9.17) is 4.74 Å². The highest BCUT2D eigenvalue weighted by Gasteiger charge is 2.15. The van der Waals surface area contributed by atoms with Crippen LogP contribution >= 0.6 is 11.8 Å². The zero-order valence-electron chi connectivity index (χ0n) is 14.8. The lowest BCUT2D eigenvalue weighted by atomic mass is 10.1. The van der Waals surface area contributed by atoms with Crippen molar-refractivity contribution >= 4 is 23.4 Å². The summed E-state index contributed by atoms with van der Waals surface area (Å²) in [5, 5.41) is 2.92. The first kappa shape index (κ1) is 18.4. The van der Waals surface area contributed by atoms with E-state index in [9.17, 15) is 4.79 Å². The van der Waals surface area contributed by atoms with Gasteiger partial charge in [0.15, 0.2) is 0 Å². The van der Waals surface area contributed by atoms with Gasteiger partial charge in [-0.05, 0) is 56.5 Å². The van der Waals surface area contributed by atoms with Crippen LogP contribution in [0.5, 0.6) is 5.75 Å². The second-order valence-corrected chi connectivity index (χ2v) is 7.38. The van der Waals surface area contributed by atoms with Gasteiger partial charge in [-0.15, -0.1) is 11.8 Å². The molecular weight excluding hydrogens is 318 g/mol. The van der Waals surface area contributed by atoms with E-state index in [1.165, 1.54) is 5.56 Å². The van der Waals surface area contributed by atoms with E-state index in [2.05, 4.69) is 5.32 Å². The number of carbonyl (C=O) groups excluding carboxylic acids is 1. The molecule has 3 nitrogen and oxygen atoms in total. The average molecular weight is 343 g/mol. The second kappa shape index (κ2) is 8.78. The lowest BCUT2D eigenvalue weighted by Crippen LogP contribution is -2.24. The molecule has 0 aliphatic carbocycles. The number of thioether (sulfide) groups is 1. The topological polar surface area (TPSA) is 38.3 Å². The van der Waals surface area contributed by atoms with Gasteiger partial charge < -0.3 is 10.1 Å². The standard InChI is InChI=1S/C20H25NO2S/c1-14-7-5-10-18(13-14)23-11-12-24-17(4)20(22)21-19-15(2)8-6-9-16(19)3/h5-10,13,17H,11-12H2,1-4H3,(H,21,22). The number of para-hydroxylation sites is 1. The Morgan fingerprint density at radius 1 is 1.12 bits per heavy atom. The summed E-state index contributed by atoms with van der Waals surface area (Å²) < 4.78 is 5.72. The van der Waals surface area contributed by atoms with Gasteiger partial charge in [-0.2, -0.15) is 0 Å². The fourth-order valence-electron chi connectivity index (χ4n) is 2.40. The number of nitrogens with one attached hydrogen (secondary N) is 1. The molecule has 24 heavy (non-hydrogen) atoms. The van der Waals surface area contributed by atoms with E-state index < -0.39 is 0 Å². The van der Waals surface area contributed by atoms with Gasteiger partial charge in [0, 0.05) is 11.4 Å². The molecule has 2 rings (SSSR count). The third-order valence-electron chi connectivity index (χ3n) is 3.81. The molecule has 0 aliphatic rings. The minimum atomic E-state index is -0.120. The van der Waals surface area contributed by atoms with Crippen molar-refractivity contribution in [3.05, 3.63) is 59.2 Å². The Morgan fingerprint density at radius 3 is 2.46 bits per heavy atom. The lowest BCUT2D eigenvalue weighted by molar-refractivity contribution is -0.115. The summed E-state index contributed by atoms with van der Waals surface area (Å²) in [6, 6.07) is 14.0. The van der Waals surface area contributed by atoms with Crippen molar-refractivity contribution in [1.29, 1.82) is 0 Å². The Morgan fingerprint density at radius 2 is 1.79 bits per heavy atom. The van der Waals surface area contributed by atoms with Crippen LogP contribution in [0.4, 0.5) is 5.69 Å². The van der Waals surface area contributed by atoms with Gasteiger partial charge >= 0.3 is 0 Å². The molecule has 2 aromatic carbocycles. The van der Waals surface area contributed by atoms with Crippen molar-refractivity contribution in [3.8, 4) is 5.75 Å².